The molecule has 200 valence electrons. The monoisotopic (exact) mass is 530 g/mol. The van der Waals surface area contributed by atoms with Crippen LogP contribution in [0.4, 0.5) is 0 Å². The van der Waals surface area contributed by atoms with Crippen molar-refractivity contribution in [1.29, 1.82) is 0 Å². The largest absolute Gasteiger partial charge is 0.508 e. The fourth-order valence-electron chi connectivity index (χ4n) is 6.59. The number of carbonyl (C=O) groups excluding carboxylic acids is 3. The Labute approximate surface area is 222 Å². The number of hydrogen-bond acceptors (Lipinski definition) is 9. The van der Waals surface area contributed by atoms with Crippen LogP contribution in [-0.2, 0) is 20.8 Å². The highest BCUT2D eigenvalue weighted by molar-refractivity contribution is 6.24. The van der Waals surface area contributed by atoms with E-state index in [1.165, 1.54) is 11.0 Å². The van der Waals surface area contributed by atoms with Crippen molar-refractivity contribution in [2.45, 2.75) is 24.5 Å². The van der Waals surface area contributed by atoms with E-state index >= 15 is 0 Å². The Balaban J connectivity index is 1.56. The van der Waals surface area contributed by atoms with E-state index in [2.05, 4.69) is 0 Å². The molecule has 0 unspecified atom stereocenters. The zero-order chi connectivity index (χ0) is 28.0. The third kappa shape index (κ3) is 3.25. The number of nitrogens with zero attached hydrogens (tertiary/aromatic N) is 1. The molecule has 1 heterocycles. The molecule has 39 heavy (non-hydrogen) atoms. The number of ketones is 2. The van der Waals surface area contributed by atoms with Crippen LogP contribution in [0.2, 0.25) is 0 Å². The Morgan fingerprint density at radius 3 is 2.49 bits per heavy atom. The molecule has 0 radical (unpaired) electrons. The van der Waals surface area contributed by atoms with Crippen molar-refractivity contribution >= 4 is 34.2 Å². The van der Waals surface area contributed by atoms with Crippen LogP contribution >= 0.6 is 0 Å². The first-order chi connectivity index (χ1) is 18.5. The quantitative estimate of drug-likeness (QED) is 0.318. The number of aliphatic hydroxyl groups is 3. The maximum absolute atomic E-state index is 13.9. The summed E-state index contributed by atoms with van der Waals surface area (Å²) >= 11 is 0. The minimum Gasteiger partial charge on any atom is -0.508 e. The predicted molar refractivity (Wildman–Crippen MR) is 139 cm³/mol. The summed E-state index contributed by atoms with van der Waals surface area (Å²) in [5.74, 6) is -6.34. The lowest BCUT2D eigenvalue weighted by Gasteiger charge is -2.50. The summed E-state index contributed by atoms with van der Waals surface area (Å²) in [6.45, 7) is 0. The number of furan rings is 1. The molecule has 10 heteroatoms. The Hall–Kier alpha value is -4.41. The van der Waals surface area contributed by atoms with Gasteiger partial charge in [-0.05, 0) is 62.7 Å². The molecule has 3 aliphatic carbocycles. The van der Waals surface area contributed by atoms with Gasteiger partial charge in [-0.15, -0.1) is 0 Å². The fourth-order valence-corrected chi connectivity index (χ4v) is 6.59. The number of likely N-dealkylation sites (N-methyl/N-ethyl adjacent to an activating group) is 1. The standard InChI is InChI=1S/C29H26N2O8/c1-31(2)23-16-10-13-9-15-14(19-11-12-5-3-4-6-18(12)39-19)7-8-17(32)21(15)24(33)20(13)26(35)29(16,38)27(36)22(25(23)34)28(30)37/h3-8,11,13,16,23,32-33,36,38H,9-10H2,1-2H3,(H2,30,37)/t13-,16-,23-,29-/m1/s1. The van der Waals surface area contributed by atoms with Crippen molar-refractivity contribution in [3.8, 4) is 17.1 Å². The first-order valence-electron chi connectivity index (χ1n) is 12.4. The Kier molecular flexibility index (Phi) is 5.29. The van der Waals surface area contributed by atoms with Gasteiger partial charge in [-0.1, -0.05) is 18.2 Å². The maximum Gasteiger partial charge on any atom is 0.255 e. The summed E-state index contributed by atoms with van der Waals surface area (Å²) in [4.78, 5) is 40.7. The first kappa shape index (κ1) is 24.9. The van der Waals surface area contributed by atoms with Crippen LogP contribution in [0.5, 0.6) is 5.75 Å². The number of rotatable bonds is 3. The van der Waals surface area contributed by atoms with Crippen molar-refractivity contribution in [2.75, 3.05) is 14.1 Å². The number of fused-ring (bicyclic) bond motifs is 4. The molecule has 1 fully saturated rings. The van der Waals surface area contributed by atoms with Gasteiger partial charge in [0.05, 0.1) is 11.6 Å². The highest BCUT2D eigenvalue weighted by Gasteiger charge is 2.64. The normalized spacial score (nSPS) is 26.6. The number of aliphatic hydroxyl groups excluding tert-OH is 2. The van der Waals surface area contributed by atoms with Crippen LogP contribution in [0, 0.1) is 11.8 Å². The molecule has 0 saturated heterocycles. The van der Waals surface area contributed by atoms with E-state index in [1.54, 1.807) is 20.2 Å². The minimum atomic E-state index is -2.67. The molecule has 1 aromatic heterocycles. The average molecular weight is 531 g/mol. The van der Waals surface area contributed by atoms with Gasteiger partial charge in [0.25, 0.3) is 5.91 Å². The van der Waals surface area contributed by atoms with Crippen molar-refractivity contribution in [3.05, 3.63) is 70.5 Å². The number of Topliss-reactive ketones (excluding diaryl/α,β-unsaturated/α-hetero) is 2. The molecule has 1 amide bonds. The summed E-state index contributed by atoms with van der Waals surface area (Å²) in [5.41, 5.74) is 3.48. The molecular formula is C29H26N2O8. The van der Waals surface area contributed by atoms with Crippen LogP contribution in [-0.4, -0.2) is 68.5 Å². The van der Waals surface area contributed by atoms with Crippen LogP contribution in [0.3, 0.4) is 0 Å². The summed E-state index contributed by atoms with van der Waals surface area (Å²) < 4.78 is 6.04. The van der Waals surface area contributed by atoms with E-state index in [0.29, 0.717) is 22.5 Å². The molecule has 10 nitrogen and oxygen atoms in total. The summed E-state index contributed by atoms with van der Waals surface area (Å²) in [7, 11) is 3.12. The molecule has 6 N–H and O–H groups in total. The molecular weight excluding hydrogens is 504 g/mol. The van der Waals surface area contributed by atoms with Gasteiger partial charge in [0.2, 0.25) is 5.78 Å². The summed E-state index contributed by atoms with van der Waals surface area (Å²) in [6, 6.07) is 11.2. The number of aromatic hydroxyl groups is 1. The van der Waals surface area contributed by atoms with Gasteiger partial charge in [0.15, 0.2) is 11.4 Å². The smallest absolute Gasteiger partial charge is 0.255 e. The van der Waals surface area contributed by atoms with Crippen molar-refractivity contribution in [2.24, 2.45) is 17.6 Å². The number of hydrogen-bond donors (Lipinski definition) is 5. The Morgan fingerprint density at radius 1 is 1.10 bits per heavy atom. The molecule has 3 aliphatic rings. The molecule has 3 aromatic rings. The second-order valence-electron chi connectivity index (χ2n) is 10.6. The minimum absolute atomic E-state index is 0.0149. The third-order valence-electron chi connectivity index (χ3n) is 8.30. The number of para-hydroxylation sites is 1. The summed E-state index contributed by atoms with van der Waals surface area (Å²) in [6.07, 6.45) is 0.191. The van der Waals surface area contributed by atoms with Gasteiger partial charge in [0, 0.05) is 22.4 Å². The molecule has 0 spiro atoms. The van der Waals surface area contributed by atoms with E-state index in [4.69, 9.17) is 10.2 Å². The second kappa shape index (κ2) is 8.29. The van der Waals surface area contributed by atoms with E-state index in [-0.39, 0.29) is 29.7 Å². The molecule has 1 saturated carbocycles. The number of nitrogens with two attached hydrogens (primary N) is 1. The molecule has 0 bridgehead atoms. The number of amides is 1. The number of primary amides is 1. The van der Waals surface area contributed by atoms with Crippen LogP contribution < -0.4 is 5.73 Å². The number of carbonyl (C=O) groups is 3. The molecule has 2 aromatic carbocycles. The number of phenolic OH excluding ortho intramolecular Hbond substituents is 1. The highest BCUT2D eigenvalue weighted by atomic mass is 16.4. The fraction of sp³-hybridized carbons (Fsp3) is 0.276. The zero-order valence-electron chi connectivity index (χ0n) is 21.1. The lowest BCUT2D eigenvalue weighted by Crippen LogP contribution is -2.65. The van der Waals surface area contributed by atoms with Crippen LogP contribution in [0.15, 0.2) is 63.8 Å². The Bertz CT molecular complexity index is 1650. The van der Waals surface area contributed by atoms with Crippen molar-refractivity contribution in [3.63, 3.8) is 0 Å². The van der Waals surface area contributed by atoms with E-state index in [9.17, 15) is 34.8 Å². The van der Waals surface area contributed by atoms with E-state index < -0.39 is 58.0 Å². The van der Waals surface area contributed by atoms with Gasteiger partial charge < -0.3 is 30.6 Å². The summed E-state index contributed by atoms with van der Waals surface area (Å²) in [5, 5.41) is 45.7. The van der Waals surface area contributed by atoms with Crippen molar-refractivity contribution < 1.29 is 39.2 Å². The SMILES string of the molecule is CN(C)[C@H]1C(=O)C(C(N)=O)=C(O)[C@]2(O)C(=O)C3=C(O)c4c(O)ccc(-c5cc6ccccc6o5)c4C[C@@H]3C[C@H]12. The first-order valence-corrected chi connectivity index (χ1v) is 12.4. The maximum atomic E-state index is 13.9. The zero-order valence-corrected chi connectivity index (χ0v) is 21.1. The lowest BCUT2D eigenvalue weighted by molar-refractivity contribution is -0.153. The number of benzene rings is 2. The lowest BCUT2D eigenvalue weighted by atomic mass is 9.57. The third-order valence-corrected chi connectivity index (χ3v) is 8.30. The average Bonchev–Trinajstić information content (AvgIpc) is 3.30. The van der Waals surface area contributed by atoms with Gasteiger partial charge in [-0.25, -0.2) is 0 Å². The van der Waals surface area contributed by atoms with Crippen LogP contribution in [0.25, 0.3) is 28.1 Å². The van der Waals surface area contributed by atoms with Gasteiger partial charge in [-0.3, -0.25) is 19.3 Å². The van der Waals surface area contributed by atoms with E-state index in [1.807, 2.05) is 30.3 Å². The molecule has 0 aliphatic heterocycles. The number of phenols is 1. The van der Waals surface area contributed by atoms with E-state index in [0.717, 1.165) is 5.39 Å². The van der Waals surface area contributed by atoms with Crippen molar-refractivity contribution in [1.82, 2.24) is 4.90 Å². The van der Waals surface area contributed by atoms with Gasteiger partial charge in [-0.2, -0.15) is 0 Å². The molecule has 4 atom stereocenters. The molecule has 6 rings (SSSR count). The van der Waals surface area contributed by atoms with Gasteiger partial charge in [0.1, 0.15) is 34.2 Å². The highest BCUT2D eigenvalue weighted by Crippen LogP contribution is 2.53. The second-order valence-corrected chi connectivity index (χ2v) is 10.6. The van der Waals surface area contributed by atoms with Gasteiger partial charge >= 0.3 is 0 Å². The Morgan fingerprint density at radius 2 is 1.82 bits per heavy atom. The van der Waals surface area contributed by atoms with Crippen LogP contribution in [0.1, 0.15) is 17.5 Å². The topological polar surface area (TPSA) is 175 Å². The predicted octanol–water partition coefficient (Wildman–Crippen LogP) is 2.38.